The van der Waals surface area contributed by atoms with E-state index in [9.17, 15) is 10.0 Å². The van der Waals surface area contributed by atoms with Crippen LogP contribution < -0.4 is 10.4 Å². The largest absolute Gasteiger partial charge is 0.488 e. The van der Waals surface area contributed by atoms with Gasteiger partial charge in [-0.05, 0) is 64.1 Å². The molecule has 0 amide bonds. The van der Waals surface area contributed by atoms with E-state index < -0.39 is 7.12 Å². The summed E-state index contributed by atoms with van der Waals surface area (Å²) in [4.78, 5) is 2.18. The van der Waals surface area contributed by atoms with Crippen molar-refractivity contribution in [1.82, 2.24) is 0 Å². The molecule has 0 radical (unpaired) electrons. The summed E-state index contributed by atoms with van der Waals surface area (Å²) in [6.07, 6.45) is 0. The van der Waals surface area contributed by atoms with Crippen molar-refractivity contribution in [3.8, 4) is 22.3 Å². The maximum atomic E-state index is 9.53. The van der Waals surface area contributed by atoms with Crippen LogP contribution in [0.25, 0.3) is 22.3 Å². The standard InChI is InChI=1S/C30H24BNO2/c33-31(34)27-16-20-29(21-17-27)32(28-18-14-25(15-19-28)23-8-3-1-4-9-23)30-13-7-12-26(22-30)24-10-5-2-6-11-24/h1-22,33-34H. The van der Waals surface area contributed by atoms with E-state index in [0.717, 1.165) is 33.8 Å². The van der Waals surface area contributed by atoms with Crippen molar-refractivity contribution in [3.63, 3.8) is 0 Å². The van der Waals surface area contributed by atoms with E-state index >= 15 is 0 Å². The summed E-state index contributed by atoms with van der Waals surface area (Å²) >= 11 is 0. The van der Waals surface area contributed by atoms with Crippen LogP contribution in [0, 0.1) is 0 Å². The molecule has 3 nitrogen and oxygen atoms in total. The third-order valence-corrected chi connectivity index (χ3v) is 5.89. The summed E-state index contributed by atoms with van der Waals surface area (Å²) in [5, 5.41) is 19.1. The van der Waals surface area contributed by atoms with Crippen molar-refractivity contribution in [2.24, 2.45) is 0 Å². The highest BCUT2D eigenvalue weighted by Gasteiger charge is 2.16. The van der Waals surface area contributed by atoms with E-state index in [0.29, 0.717) is 5.46 Å². The third kappa shape index (κ3) is 4.64. The predicted molar refractivity (Wildman–Crippen MR) is 142 cm³/mol. The van der Waals surface area contributed by atoms with Gasteiger partial charge in [0.2, 0.25) is 0 Å². The van der Waals surface area contributed by atoms with Crippen molar-refractivity contribution in [1.29, 1.82) is 0 Å². The third-order valence-electron chi connectivity index (χ3n) is 5.89. The summed E-state index contributed by atoms with van der Waals surface area (Å²) in [5.41, 5.74) is 8.04. The molecule has 0 aromatic heterocycles. The Hall–Kier alpha value is -4.12. The van der Waals surface area contributed by atoms with Crippen LogP contribution in [0.2, 0.25) is 0 Å². The molecule has 2 N–H and O–H groups in total. The maximum Gasteiger partial charge on any atom is 0.488 e. The Kier molecular flexibility index (Phi) is 6.26. The zero-order chi connectivity index (χ0) is 23.3. The summed E-state index contributed by atoms with van der Waals surface area (Å²) in [6.45, 7) is 0. The Bertz CT molecular complexity index is 1350. The van der Waals surface area contributed by atoms with Gasteiger partial charge in [-0.15, -0.1) is 0 Å². The van der Waals surface area contributed by atoms with Crippen LogP contribution in [0.1, 0.15) is 0 Å². The van der Waals surface area contributed by atoms with E-state index in [2.05, 4.69) is 77.7 Å². The molecule has 0 aliphatic heterocycles. The van der Waals surface area contributed by atoms with Gasteiger partial charge in [-0.1, -0.05) is 97.1 Å². The van der Waals surface area contributed by atoms with Crippen molar-refractivity contribution >= 4 is 29.6 Å². The first-order valence-electron chi connectivity index (χ1n) is 11.3. The average molecular weight is 441 g/mol. The van der Waals surface area contributed by atoms with Crippen LogP contribution >= 0.6 is 0 Å². The molecule has 0 saturated heterocycles. The number of benzene rings is 5. The van der Waals surface area contributed by atoms with E-state index in [1.807, 2.05) is 48.5 Å². The molecule has 34 heavy (non-hydrogen) atoms. The first kappa shape index (κ1) is 21.7. The number of hydrogen-bond donors (Lipinski definition) is 2. The molecule has 0 heterocycles. The summed E-state index contributed by atoms with van der Waals surface area (Å²) in [7, 11) is -1.49. The Balaban J connectivity index is 1.58. The molecule has 0 unspecified atom stereocenters. The minimum absolute atomic E-state index is 0.459. The van der Waals surface area contributed by atoms with Crippen LogP contribution in [0.5, 0.6) is 0 Å². The zero-order valence-electron chi connectivity index (χ0n) is 18.6. The number of anilines is 3. The molecule has 4 heteroatoms. The highest BCUT2D eigenvalue weighted by molar-refractivity contribution is 6.58. The highest BCUT2D eigenvalue weighted by atomic mass is 16.4. The second kappa shape index (κ2) is 9.80. The highest BCUT2D eigenvalue weighted by Crippen LogP contribution is 2.37. The van der Waals surface area contributed by atoms with Crippen LogP contribution in [-0.2, 0) is 0 Å². The fourth-order valence-electron chi connectivity index (χ4n) is 4.13. The first-order chi connectivity index (χ1) is 16.7. The molecule has 5 rings (SSSR count). The van der Waals surface area contributed by atoms with Gasteiger partial charge in [0.05, 0.1) is 0 Å². The molecule has 164 valence electrons. The van der Waals surface area contributed by atoms with Gasteiger partial charge < -0.3 is 14.9 Å². The molecule has 0 spiro atoms. The van der Waals surface area contributed by atoms with E-state index in [4.69, 9.17) is 0 Å². The van der Waals surface area contributed by atoms with Gasteiger partial charge >= 0.3 is 7.12 Å². The van der Waals surface area contributed by atoms with E-state index in [-0.39, 0.29) is 0 Å². The molecule has 5 aromatic carbocycles. The quantitative estimate of drug-likeness (QED) is 0.310. The summed E-state index contributed by atoms with van der Waals surface area (Å²) in [5.74, 6) is 0. The van der Waals surface area contributed by atoms with Gasteiger partial charge in [0.25, 0.3) is 0 Å². The average Bonchev–Trinajstić information content (AvgIpc) is 2.91. The monoisotopic (exact) mass is 441 g/mol. The maximum absolute atomic E-state index is 9.53. The predicted octanol–water partition coefficient (Wildman–Crippen LogP) is 6.17. The van der Waals surface area contributed by atoms with Crippen LogP contribution in [0.3, 0.4) is 0 Å². The Morgan fingerprint density at radius 2 is 0.882 bits per heavy atom. The lowest BCUT2D eigenvalue weighted by atomic mass is 9.80. The number of rotatable bonds is 6. The van der Waals surface area contributed by atoms with E-state index in [1.165, 1.54) is 5.56 Å². The molecular formula is C30H24BNO2. The lowest BCUT2D eigenvalue weighted by molar-refractivity contribution is 0.426. The first-order valence-corrected chi connectivity index (χ1v) is 11.3. The smallest absolute Gasteiger partial charge is 0.423 e. The fourth-order valence-corrected chi connectivity index (χ4v) is 4.13. The van der Waals surface area contributed by atoms with Crippen LogP contribution in [-0.4, -0.2) is 17.2 Å². The molecule has 5 aromatic rings. The SMILES string of the molecule is OB(O)c1ccc(N(c2ccc(-c3ccccc3)cc2)c2cccc(-c3ccccc3)c2)cc1. The molecule has 0 aliphatic carbocycles. The lowest BCUT2D eigenvalue weighted by Gasteiger charge is -2.26. The molecule has 0 fully saturated rings. The Morgan fingerprint density at radius 1 is 0.412 bits per heavy atom. The lowest BCUT2D eigenvalue weighted by Crippen LogP contribution is -2.29. The van der Waals surface area contributed by atoms with Gasteiger partial charge in [-0.3, -0.25) is 0 Å². The van der Waals surface area contributed by atoms with Gasteiger partial charge in [-0.2, -0.15) is 0 Å². The Morgan fingerprint density at radius 3 is 1.44 bits per heavy atom. The van der Waals surface area contributed by atoms with Crippen LogP contribution in [0.4, 0.5) is 17.1 Å². The van der Waals surface area contributed by atoms with E-state index in [1.54, 1.807) is 12.1 Å². The normalized spacial score (nSPS) is 10.6. The van der Waals surface area contributed by atoms with Gasteiger partial charge in [-0.25, -0.2) is 0 Å². The molecule has 0 aliphatic rings. The second-order valence-electron chi connectivity index (χ2n) is 8.13. The minimum Gasteiger partial charge on any atom is -0.423 e. The van der Waals surface area contributed by atoms with Crippen molar-refractivity contribution in [2.75, 3.05) is 4.90 Å². The van der Waals surface area contributed by atoms with Gasteiger partial charge in [0, 0.05) is 17.1 Å². The van der Waals surface area contributed by atoms with Crippen LogP contribution in [0.15, 0.2) is 133 Å². The summed E-state index contributed by atoms with van der Waals surface area (Å²) in [6, 6.07) is 44.9. The van der Waals surface area contributed by atoms with Crippen molar-refractivity contribution in [3.05, 3.63) is 133 Å². The topological polar surface area (TPSA) is 43.7 Å². The zero-order valence-corrected chi connectivity index (χ0v) is 18.6. The molecule has 0 atom stereocenters. The molecule has 0 saturated carbocycles. The summed E-state index contributed by atoms with van der Waals surface area (Å²) < 4.78 is 0. The van der Waals surface area contributed by atoms with Crippen molar-refractivity contribution < 1.29 is 10.0 Å². The fraction of sp³-hybridized carbons (Fsp3) is 0. The Labute approximate surface area is 200 Å². The van der Waals surface area contributed by atoms with Gasteiger partial charge in [0.15, 0.2) is 0 Å². The second-order valence-corrected chi connectivity index (χ2v) is 8.13. The van der Waals surface area contributed by atoms with Gasteiger partial charge in [0.1, 0.15) is 0 Å². The molecule has 0 bridgehead atoms. The number of hydrogen-bond acceptors (Lipinski definition) is 3. The minimum atomic E-state index is -1.49. The van der Waals surface area contributed by atoms with Crippen molar-refractivity contribution in [2.45, 2.75) is 0 Å². The number of nitrogens with zero attached hydrogens (tertiary/aromatic N) is 1. The molecular weight excluding hydrogens is 417 g/mol.